The minimum absolute atomic E-state index is 0.127. The van der Waals surface area contributed by atoms with Crippen LogP contribution < -0.4 is 15.8 Å². The predicted molar refractivity (Wildman–Crippen MR) is 161 cm³/mol. The summed E-state index contributed by atoms with van der Waals surface area (Å²) in [6.45, 7) is 2.94. The number of benzene rings is 3. The Balaban J connectivity index is 1.33. The highest BCUT2D eigenvalue weighted by Gasteiger charge is 2.21. The van der Waals surface area contributed by atoms with Gasteiger partial charge in [0.2, 0.25) is 0 Å². The third kappa shape index (κ3) is 8.63. The molecule has 41 heavy (non-hydrogen) atoms. The van der Waals surface area contributed by atoms with Gasteiger partial charge < -0.3 is 20.9 Å². The monoisotopic (exact) mass is 552 g/mol. The van der Waals surface area contributed by atoms with Gasteiger partial charge in [-0.05, 0) is 47.9 Å². The molecule has 1 heterocycles. The third-order valence-corrected chi connectivity index (χ3v) is 6.76. The fourth-order valence-corrected chi connectivity index (χ4v) is 4.41. The lowest BCUT2D eigenvalue weighted by Crippen LogP contribution is -2.42. The van der Waals surface area contributed by atoms with Crippen LogP contribution in [0.5, 0.6) is 5.75 Å². The summed E-state index contributed by atoms with van der Waals surface area (Å²) >= 11 is 0. The van der Waals surface area contributed by atoms with E-state index in [9.17, 15) is 14.7 Å². The number of carboxylic acid groups (broad SMARTS) is 1. The minimum Gasteiger partial charge on any atom is -0.494 e. The number of amides is 1. The number of hydrogen-bond acceptors (Lipinski definition) is 6. The number of carboxylic acids is 1. The highest BCUT2D eigenvalue weighted by atomic mass is 16.5. The zero-order valence-electron chi connectivity index (χ0n) is 23.3. The van der Waals surface area contributed by atoms with E-state index in [1.807, 2.05) is 48.5 Å². The van der Waals surface area contributed by atoms with Crippen molar-refractivity contribution in [3.8, 4) is 28.3 Å². The zero-order chi connectivity index (χ0) is 29.0. The Bertz CT molecular complexity index is 1420. The van der Waals surface area contributed by atoms with Gasteiger partial charge in [-0.15, -0.1) is 0 Å². The Labute approximate surface area is 240 Å². The lowest BCUT2D eigenvalue weighted by Gasteiger charge is -2.15. The van der Waals surface area contributed by atoms with Crippen molar-refractivity contribution < 1.29 is 19.4 Å². The second-order valence-corrected chi connectivity index (χ2v) is 9.97. The Hall–Kier alpha value is -4.72. The van der Waals surface area contributed by atoms with Gasteiger partial charge in [-0.25, -0.2) is 14.8 Å². The van der Waals surface area contributed by atoms with Crippen molar-refractivity contribution in [2.24, 2.45) is 0 Å². The summed E-state index contributed by atoms with van der Waals surface area (Å²) in [5.74, 6) is -0.188. The number of unbranched alkanes of at least 4 members (excludes halogenated alkanes) is 4. The molecule has 4 N–H and O–H groups in total. The van der Waals surface area contributed by atoms with Gasteiger partial charge in [-0.2, -0.15) is 0 Å². The van der Waals surface area contributed by atoms with Crippen molar-refractivity contribution in [1.82, 2.24) is 15.3 Å². The quantitative estimate of drug-likeness (QED) is 0.126. The number of nitrogens with one attached hydrogen (secondary N) is 1. The Morgan fingerprint density at radius 1 is 0.878 bits per heavy atom. The number of aliphatic carboxylic acids is 1. The third-order valence-electron chi connectivity index (χ3n) is 6.76. The van der Waals surface area contributed by atoms with Crippen LogP contribution in [0.4, 0.5) is 5.69 Å². The van der Waals surface area contributed by atoms with E-state index in [1.54, 1.807) is 30.6 Å². The number of nitrogens with two attached hydrogens (primary N) is 1. The number of ether oxygens (including phenoxy) is 1. The molecule has 0 saturated carbocycles. The first-order chi connectivity index (χ1) is 19.9. The number of carbonyl (C=O) groups is 2. The van der Waals surface area contributed by atoms with Crippen LogP contribution in [0.15, 0.2) is 85.2 Å². The molecule has 0 aliphatic heterocycles. The second kappa shape index (κ2) is 14.6. The summed E-state index contributed by atoms with van der Waals surface area (Å²) in [5.41, 5.74) is 9.94. The molecular weight excluding hydrogens is 516 g/mol. The van der Waals surface area contributed by atoms with E-state index < -0.39 is 17.9 Å². The van der Waals surface area contributed by atoms with Gasteiger partial charge in [-0.1, -0.05) is 75.1 Å². The largest absolute Gasteiger partial charge is 0.494 e. The predicted octanol–water partition coefficient (Wildman–Crippen LogP) is 6.17. The van der Waals surface area contributed by atoms with Crippen LogP contribution in [0.2, 0.25) is 0 Å². The first-order valence-electron chi connectivity index (χ1n) is 14.0. The molecule has 4 rings (SSSR count). The number of aromatic nitrogens is 2. The van der Waals surface area contributed by atoms with Crippen molar-refractivity contribution in [1.29, 1.82) is 0 Å². The summed E-state index contributed by atoms with van der Waals surface area (Å²) in [6.07, 6.45) is 9.74. The van der Waals surface area contributed by atoms with Crippen LogP contribution in [-0.2, 0) is 11.2 Å². The van der Waals surface area contributed by atoms with Gasteiger partial charge in [0.25, 0.3) is 5.91 Å². The van der Waals surface area contributed by atoms with Crippen LogP contribution in [0.1, 0.15) is 54.9 Å². The summed E-state index contributed by atoms with van der Waals surface area (Å²) < 4.78 is 5.85. The van der Waals surface area contributed by atoms with Gasteiger partial charge in [0.05, 0.1) is 6.61 Å². The van der Waals surface area contributed by atoms with Crippen LogP contribution in [0.25, 0.3) is 22.5 Å². The van der Waals surface area contributed by atoms with E-state index in [0.29, 0.717) is 17.1 Å². The van der Waals surface area contributed by atoms with Crippen LogP contribution in [0, 0.1) is 0 Å². The number of carbonyl (C=O) groups excluding carboxylic acids is 1. The SMILES string of the molecule is CCCCCCCOc1ccc(-c2cnc(-c3ccc(CC(NC(=O)c4cccc(N)c4)C(=O)O)cc3)nc2)cc1. The van der Waals surface area contributed by atoms with Crippen molar-refractivity contribution in [2.45, 2.75) is 51.5 Å². The van der Waals surface area contributed by atoms with Gasteiger partial charge in [0.1, 0.15) is 11.8 Å². The van der Waals surface area contributed by atoms with Gasteiger partial charge in [0.15, 0.2) is 5.82 Å². The molecule has 8 heteroatoms. The van der Waals surface area contributed by atoms with Crippen molar-refractivity contribution in [2.75, 3.05) is 12.3 Å². The fourth-order valence-electron chi connectivity index (χ4n) is 4.41. The molecule has 0 aliphatic rings. The molecule has 4 aromatic rings. The number of anilines is 1. The van der Waals surface area contributed by atoms with E-state index in [0.717, 1.165) is 41.0 Å². The Morgan fingerprint density at radius 3 is 2.22 bits per heavy atom. The van der Waals surface area contributed by atoms with E-state index in [1.165, 1.54) is 31.7 Å². The van der Waals surface area contributed by atoms with Crippen LogP contribution in [-0.4, -0.2) is 39.6 Å². The van der Waals surface area contributed by atoms with Gasteiger partial charge in [0, 0.05) is 41.2 Å². The lowest BCUT2D eigenvalue weighted by molar-refractivity contribution is -0.139. The van der Waals surface area contributed by atoms with Gasteiger partial charge in [-0.3, -0.25) is 4.79 Å². The molecule has 0 saturated heterocycles. The summed E-state index contributed by atoms with van der Waals surface area (Å²) in [4.78, 5) is 33.4. The maximum absolute atomic E-state index is 12.5. The van der Waals surface area contributed by atoms with E-state index in [-0.39, 0.29) is 6.42 Å². The summed E-state index contributed by atoms with van der Waals surface area (Å²) in [7, 11) is 0. The number of rotatable bonds is 14. The lowest BCUT2D eigenvalue weighted by atomic mass is 10.0. The summed E-state index contributed by atoms with van der Waals surface area (Å²) in [5, 5.41) is 12.2. The Morgan fingerprint density at radius 2 is 1.56 bits per heavy atom. The zero-order valence-corrected chi connectivity index (χ0v) is 23.3. The van der Waals surface area contributed by atoms with Crippen LogP contribution >= 0.6 is 0 Å². The fraction of sp³-hybridized carbons (Fsp3) is 0.273. The normalized spacial score (nSPS) is 11.5. The van der Waals surface area contributed by atoms with E-state index in [4.69, 9.17) is 10.5 Å². The highest BCUT2D eigenvalue weighted by molar-refractivity contribution is 5.97. The average Bonchev–Trinajstić information content (AvgIpc) is 2.99. The topological polar surface area (TPSA) is 127 Å². The molecule has 0 bridgehead atoms. The van der Waals surface area contributed by atoms with E-state index >= 15 is 0 Å². The number of hydrogen-bond donors (Lipinski definition) is 3. The van der Waals surface area contributed by atoms with Crippen molar-refractivity contribution in [3.63, 3.8) is 0 Å². The number of nitrogens with zero attached hydrogens (tertiary/aromatic N) is 2. The molecule has 0 radical (unpaired) electrons. The second-order valence-electron chi connectivity index (χ2n) is 9.97. The standard InChI is InChI=1S/C33H36N4O4/c1-2-3-4-5-6-18-41-29-16-14-24(15-17-29)27-21-35-31(36-22-27)25-12-10-23(11-13-25)19-30(33(39)40)37-32(38)26-8-7-9-28(34)20-26/h7-17,20-22,30H,2-6,18-19,34H2,1H3,(H,37,38)(H,39,40). The smallest absolute Gasteiger partial charge is 0.326 e. The average molecular weight is 553 g/mol. The highest BCUT2D eigenvalue weighted by Crippen LogP contribution is 2.24. The molecular formula is C33H36N4O4. The molecule has 1 atom stereocenters. The molecule has 8 nitrogen and oxygen atoms in total. The van der Waals surface area contributed by atoms with Gasteiger partial charge >= 0.3 is 5.97 Å². The Kier molecular flexibility index (Phi) is 10.4. The maximum atomic E-state index is 12.5. The van der Waals surface area contributed by atoms with E-state index in [2.05, 4.69) is 22.2 Å². The molecule has 0 aliphatic carbocycles. The first-order valence-corrected chi connectivity index (χ1v) is 14.0. The number of nitrogen functional groups attached to an aromatic ring is 1. The van der Waals surface area contributed by atoms with Crippen molar-refractivity contribution in [3.05, 3.63) is 96.3 Å². The maximum Gasteiger partial charge on any atom is 0.326 e. The minimum atomic E-state index is -1.12. The molecule has 1 aromatic heterocycles. The first kappa shape index (κ1) is 29.3. The van der Waals surface area contributed by atoms with Crippen molar-refractivity contribution >= 4 is 17.6 Å². The molecule has 1 unspecified atom stereocenters. The molecule has 0 fully saturated rings. The summed E-state index contributed by atoms with van der Waals surface area (Å²) in [6, 6.07) is 20.6. The molecule has 3 aromatic carbocycles. The molecule has 1 amide bonds. The molecule has 0 spiro atoms. The molecule has 212 valence electrons. The van der Waals surface area contributed by atoms with Crippen LogP contribution in [0.3, 0.4) is 0 Å².